The third-order valence-corrected chi connectivity index (χ3v) is 5.78. The van der Waals surface area contributed by atoms with Crippen LogP contribution in [0.5, 0.6) is 0 Å². The Kier molecular flexibility index (Phi) is 8.05. The van der Waals surface area contributed by atoms with E-state index in [-0.39, 0.29) is 16.8 Å². The Morgan fingerprint density at radius 3 is 2.16 bits per heavy atom. The molecule has 0 aliphatic rings. The van der Waals surface area contributed by atoms with E-state index in [4.69, 9.17) is 4.74 Å². The van der Waals surface area contributed by atoms with E-state index in [9.17, 15) is 13.2 Å². The van der Waals surface area contributed by atoms with Crippen LogP contribution in [-0.4, -0.2) is 45.4 Å². The maximum atomic E-state index is 12.2. The van der Waals surface area contributed by atoms with Crippen LogP contribution in [0.2, 0.25) is 0 Å². The molecular formula is C18H30N2O4S. The molecule has 0 spiro atoms. The summed E-state index contributed by atoms with van der Waals surface area (Å²) in [6.45, 7) is 8.35. The number of nitrogens with one attached hydrogen (secondary N) is 1. The van der Waals surface area contributed by atoms with Crippen LogP contribution >= 0.6 is 0 Å². The second-order valence-electron chi connectivity index (χ2n) is 6.78. The van der Waals surface area contributed by atoms with Crippen molar-refractivity contribution in [3.63, 3.8) is 0 Å². The predicted molar refractivity (Wildman–Crippen MR) is 98.7 cm³/mol. The summed E-state index contributed by atoms with van der Waals surface area (Å²) in [5.41, 5.74) is 0.834. The van der Waals surface area contributed by atoms with Crippen molar-refractivity contribution in [3.8, 4) is 0 Å². The van der Waals surface area contributed by atoms with E-state index in [1.54, 1.807) is 31.2 Å². The van der Waals surface area contributed by atoms with Crippen molar-refractivity contribution in [3.05, 3.63) is 29.8 Å². The molecule has 1 N–H and O–H groups in total. The molecule has 0 radical (unpaired) electrons. The molecule has 1 rings (SSSR count). The van der Waals surface area contributed by atoms with Crippen LogP contribution in [0, 0.1) is 5.92 Å². The Balaban J connectivity index is 2.65. The van der Waals surface area contributed by atoms with Gasteiger partial charge in [0.2, 0.25) is 15.9 Å². The lowest BCUT2D eigenvalue weighted by molar-refractivity contribution is -0.132. The second kappa shape index (κ2) is 9.31. The number of hydrogen-bond acceptors (Lipinski definition) is 4. The van der Waals surface area contributed by atoms with Gasteiger partial charge in [0.25, 0.3) is 0 Å². The van der Waals surface area contributed by atoms with E-state index in [2.05, 4.69) is 19.2 Å². The molecule has 0 fully saturated rings. The first-order valence-electron chi connectivity index (χ1n) is 8.50. The SMILES string of the molecule is CC(C)CCO[C@@H](C)C(=O)N[C@@H](C)c1ccc(S(=O)(=O)N(C)C)cc1. The lowest BCUT2D eigenvalue weighted by Gasteiger charge is -2.19. The molecule has 0 aromatic heterocycles. The third-order valence-electron chi connectivity index (χ3n) is 3.95. The number of carbonyl (C=O) groups excluding carboxylic acids is 1. The number of carbonyl (C=O) groups is 1. The van der Waals surface area contributed by atoms with Crippen LogP contribution in [0.3, 0.4) is 0 Å². The van der Waals surface area contributed by atoms with Crippen molar-refractivity contribution in [1.29, 1.82) is 0 Å². The van der Waals surface area contributed by atoms with Crippen molar-refractivity contribution in [2.24, 2.45) is 5.92 Å². The van der Waals surface area contributed by atoms with E-state index in [1.165, 1.54) is 18.4 Å². The highest BCUT2D eigenvalue weighted by Crippen LogP contribution is 2.18. The van der Waals surface area contributed by atoms with Crippen molar-refractivity contribution < 1.29 is 17.9 Å². The van der Waals surface area contributed by atoms with E-state index in [0.717, 1.165) is 12.0 Å². The molecule has 0 saturated heterocycles. The van der Waals surface area contributed by atoms with Crippen molar-refractivity contribution >= 4 is 15.9 Å². The molecule has 0 aliphatic heterocycles. The lowest BCUT2D eigenvalue weighted by Crippen LogP contribution is -2.36. The lowest BCUT2D eigenvalue weighted by atomic mass is 10.1. The smallest absolute Gasteiger partial charge is 0.249 e. The van der Waals surface area contributed by atoms with Gasteiger partial charge in [-0.2, -0.15) is 0 Å². The molecule has 2 atom stereocenters. The Hall–Kier alpha value is -1.44. The molecule has 1 amide bonds. The van der Waals surface area contributed by atoms with Crippen LogP contribution in [-0.2, 0) is 19.6 Å². The van der Waals surface area contributed by atoms with Gasteiger partial charge >= 0.3 is 0 Å². The first-order chi connectivity index (χ1) is 11.6. The molecule has 1 aromatic carbocycles. The molecule has 25 heavy (non-hydrogen) atoms. The highest BCUT2D eigenvalue weighted by molar-refractivity contribution is 7.89. The summed E-state index contributed by atoms with van der Waals surface area (Å²) in [4.78, 5) is 12.4. The molecule has 7 heteroatoms. The number of nitrogens with zero attached hydrogens (tertiary/aromatic N) is 1. The quantitative estimate of drug-likeness (QED) is 0.725. The Morgan fingerprint density at radius 1 is 1.12 bits per heavy atom. The van der Waals surface area contributed by atoms with E-state index < -0.39 is 16.1 Å². The normalized spacial score (nSPS) is 14.6. The highest BCUT2D eigenvalue weighted by Gasteiger charge is 2.19. The first-order valence-corrected chi connectivity index (χ1v) is 9.94. The Labute approximate surface area is 151 Å². The molecule has 6 nitrogen and oxygen atoms in total. The standard InChI is InChI=1S/C18H30N2O4S/c1-13(2)11-12-24-15(4)18(21)19-14(3)16-7-9-17(10-8-16)25(22,23)20(5)6/h7-10,13-15H,11-12H2,1-6H3,(H,19,21)/t14-,15-/m0/s1. The number of ether oxygens (including phenoxy) is 1. The van der Waals surface area contributed by atoms with Gasteiger partial charge in [0.1, 0.15) is 6.10 Å². The van der Waals surface area contributed by atoms with Crippen LogP contribution in [0.4, 0.5) is 0 Å². The maximum Gasteiger partial charge on any atom is 0.249 e. The first kappa shape index (κ1) is 21.6. The minimum absolute atomic E-state index is 0.179. The number of hydrogen-bond donors (Lipinski definition) is 1. The van der Waals surface area contributed by atoms with Gasteiger partial charge in [-0.05, 0) is 43.9 Å². The summed E-state index contributed by atoms with van der Waals surface area (Å²) in [6, 6.07) is 6.29. The monoisotopic (exact) mass is 370 g/mol. The fraction of sp³-hybridized carbons (Fsp3) is 0.611. The molecular weight excluding hydrogens is 340 g/mol. The van der Waals surface area contributed by atoms with Crippen molar-refractivity contribution in [2.45, 2.75) is 51.2 Å². The van der Waals surface area contributed by atoms with Crippen LogP contribution in [0.25, 0.3) is 0 Å². The van der Waals surface area contributed by atoms with Gasteiger partial charge in [-0.1, -0.05) is 26.0 Å². The molecule has 0 heterocycles. The van der Waals surface area contributed by atoms with Crippen molar-refractivity contribution in [2.75, 3.05) is 20.7 Å². The number of rotatable bonds is 9. The summed E-state index contributed by atoms with van der Waals surface area (Å²) < 4.78 is 30.9. The highest BCUT2D eigenvalue weighted by atomic mass is 32.2. The van der Waals surface area contributed by atoms with Crippen LogP contribution < -0.4 is 5.32 Å². The van der Waals surface area contributed by atoms with Gasteiger partial charge in [-0.25, -0.2) is 12.7 Å². The molecule has 142 valence electrons. The predicted octanol–water partition coefficient (Wildman–Crippen LogP) is 2.57. The summed E-state index contributed by atoms with van der Waals surface area (Å²) in [7, 11) is -0.462. The van der Waals surface area contributed by atoms with Gasteiger partial charge in [0.15, 0.2) is 0 Å². The number of amides is 1. The summed E-state index contributed by atoms with van der Waals surface area (Å²) in [5, 5.41) is 2.89. The Bertz CT molecular complexity index is 654. The van der Waals surface area contributed by atoms with Gasteiger partial charge in [0.05, 0.1) is 10.9 Å². The maximum absolute atomic E-state index is 12.2. The average Bonchev–Trinajstić information content (AvgIpc) is 2.54. The summed E-state index contributed by atoms with van der Waals surface area (Å²) in [6.07, 6.45) is 0.393. The fourth-order valence-electron chi connectivity index (χ4n) is 2.11. The van der Waals surface area contributed by atoms with Crippen LogP contribution in [0.1, 0.15) is 45.7 Å². The minimum atomic E-state index is -3.45. The van der Waals surface area contributed by atoms with Gasteiger partial charge in [0, 0.05) is 20.7 Å². The zero-order valence-corrected chi connectivity index (χ0v) is 16.8. The molecule has 0 aliphatic carbocycles. The molecule has 0 unspecified atom stereocenters. The van der Waals surface area contributed by atoms with Gasteiger partial charge in [-0.15, -0.1) is 0 Å². The van der Waals surface area contributed by atoms with Crippen molar-refractivity contribution in [1.82, 2.24) is 9.62 Å². The van der Waals surface area contributed by atoms with Gasteiger partial charge < -0.3 is 10.1 Å². The molecule has 1 aromatic rings. The third kappa shape index (κ3) is 6.41. The van der Waals surface area contributed by atoms with E-state index >= 15 is 0 Å². The van der Waals surface area contributed by atoms with E-state index in [0.29, 0.717) is 12.5 Å². The summed E-state index contributed by atoms with van der Waals surface area (Å²) >= 11 is 0. The zero-order valence-electron chi connectivity index (χ0n) is 15.9. The molecule has 0 bridgehead atoms. The average molecular weight is 371 g/mol. The zero-order chi connectivity index (χ0) is 19.2. The van der Waals surface area contributed by atoms with Crippen LogP contribution in [0.15, 0.2) is 29.2 Å². The Morgan fingerprint density at radius 2 is 1.68 bits per heavy atom. The molecule has 0 saturated carbocycles. The topological polar surface area (TPSA) is 75.7 Å². The largest absolute Gasteiger partial charge is 0.369 e. The fourth-order valence-corrected chi connectivity index (χ4v) is 3.01. The number of sulfonamides is 1. The number of benzene rings is 1. The second-order valence-corrected chi connectivity index (χ2v) is 8.93. The summed E-state index contributed by atoms with van der Waals surface area (Å²) in [5.74, 6) is 0.354. The van der Waals surface area contributed by atoms with Gasteiger partial charge in [-0.3, -0.25) is 4.79 Å². The van der Waals surface area contributed by atoms with E-state index in [1.807, 2.05) is 6.92 Å². The minimum Gasteiger partial charge on any atom is -0.369 e.